The second kappa shape index (κ2) is 9.80. The van der Waals surface area contributed by atoms with E-state index in [1.807, 2.05) is 54.1 Å². The molecule has 0 saturated carbocycles. The lowest BCUT2D eigenvalue weighted by Crippen LogP contribution is -2.25. The zero-order valence-electron chi connectivity index (χ0n) is 16.1. The van der Waals surface area contributed by atoms with Crippen molar-refractivity contribution in [3.05, 3.63) is 87.7 Å². The van der Waals surface area contributed by atoms with Gasteiger partial charge >= 0.3 is 0 Å². The number of rotatable bonds is 8. The second-order valence-electron chi connectivity index (χ2n) is 6.69. The number of nitrogens with one attached hydrogen (secondary N) is 1. The molecule has 0 aliphatic carbocycles. The van der Waals surface area contributed by atoms with Gasteiger partial charge in [0.1, 0.15) is 0 Å². The smallest absolute Gasteiger partial charge is 0.230 e. The van der Waals surface area contributed by atoms with Gasteiger partial charge in [0.05, 0.1) is 18.0 Å². The predicted molar refractivity (Wildman–Crippen MR) is 117 cm³/mol. The third-order valence-corrected chi connectivity index (χ3v) is 5.80. The molecule has 1 aromatic heterocycles. The summed E-state index contributed by atoms with van der Waals surface area (Å²) in [6.07, 6.45) is 0. The van der Waals surface area contributed by atoms with Crippen LogP contribution in [0.4, 0.5) is 0 Å². The van der Waals surface area contributed by atoms with Crippen LogP contribution >= 0.6 is 23.4 Å². The average molecular weight is 414 g/mol. The van der Waals surface area contributed by atoms with Gasteiger partial charge in [-0.15, -0.1) is 11.8 Å². The van der Waals surface area contributed by atoms with E-state index in [1.165, 1.54) is 5.56 Å². The van der Waals surface area contributed by atoms with Gasteiger partial charge in [0.15, 0.2) is 0 Å². The molecule has 3 aromatic rings. The van der Waals surface area contributed by atoms with Crippen molar-refractivity contribution in [2.75, 3.05) is 5.75 Å². The van der Waals surface area contributed by atoms with Gasteiger partial charge in [-0.3, -0.25) is 9.48 Å². The Balaban J connectivity index is 1.50. The zero-order chi connectivity index (χ0) is 19.9. The van der Waals surface area contributed by atoms with E-state index in [1.54, 1.807) is 11.8 Å². The van der Waals surface area contributed by atoms with Crippen LogP contribution in [-0.4, -0.2) is 21.4 Å². The van der Waals surface area contributed by atoms with Gasteiger partial charge in [-0.2, -0.15) is 5.10 Å². The Kier molecular flexibility index (Phi) is 7.18. The van der Waals surface area contributed by atoms with Gasteiger partial charge in [-0.25, -0.2) is 0 Å². The number of aromatic nitrogens is 2. The maximum absolute atomic E-state index is 12.2. The fourth-order valence-electron chi connectivity index (χ4n) is 3.03. The van der Waals surface area contributed by atoms with Crippen molar-refractivity contribution in [2.45, 2.75) is 32.7 Å². The molecule has 4 nitrogen and oxygen atoms in total. The average Bonchev–Trinajstić information content (AvgIpc) is 2.94. The van der Waals surface area contributed by atoms with Crippen molar-refractivity contribution in [3.63, 3.8) is 0 Å². The molecule has 28 heavy (non-hydrogen) atoms. The Morgan fingerprint density at radius 1 is 1.11 bits per heavy atom. The first-order chi connectivity index (χ1) is 13.5. The summed E-state index contributed by atoms with van der Waals surface area (Å²) >= 11 is 7.57. The molecule has 0 aliphatic rings. The lowest BCUT2D eigenvalue weighted by atomic mass is 10.2. The number of hydrogen-bond donors (Lipinski definition) is 1. The first-order valence-electron chi connectivity index (χ1n) is 9.18. The largest absolute Gasteiger partial charge is 0.351 e. The van der Waals surface area contributed by atoms with Gasteiger partial charge < -0.3 is 5.32 Å². The Morgan fingerprint density at radius 3 is 2.61 bits per heavy atom. The number of benzene rings is 2. The van der Waals surface area contributed by atoms with Crippen LogP contribution in [0.1, 0.15) is 28.1 Å². The lowest BCUT2D eigenvalue weighted by molar-refractivity contribution is -0.118. The molecule has 0 atom stereocenters. The summed E-state index contributed by atoms with van der Waals surface area (Å²) in [4.78, 5) is 12.2. The first kappa shape index (κ1) is 20.5. The van der Waals surface area contributed by atoms with Gasteiger partial charge in [0.25, 0.3) is 0 Å². The van der Waals surface area contributed by atoms with Crippen molar-refractivity contribution in [2.24, 2.45) is 0 Å². The van der Waals surface area contributed by atoms with Crippen molar-refractivity contribution >= 4 is 29.3 Å². The van der Waals surface area contributed by atoms with Crippen LogP contribution in [0, 0.1) is 13.8 Å². The molecule has 0 bridgehead atoms. The van der Waals surface area contributed by atoms with Crippen LogP contribution in [0.25, 0.3) is 0 Å². The number of nitrogens with zero attached hydrogens (tertiary/aromatic N) is 2. The topological polar surface area (TPSA) is 46.9 Å². The number of amides is 1. The van der Waals surface area contributed by atoms with Gasteiger partial charge in [0.2, 0.25) is 5.91 Å². The molecule has 0 unspecified atom stereocenters. The van der Waals surface area contributed by atoms with Crippen molar-refractivity contribution in [1.82, 2.24) is 15.1 Å². The fraction of sp³-hybridized carbons (Fsp3) is 0.273. The summed E-state index contributed by atoms with van der Waals surface area (Å²) in [5, 5.41) is 8.38. The minimum atomic E-state index is 0.0293. The Morgan fingerprint density at radius 2 is 1.86 bits per heavy atom. The van der Waals surface area contributed by atoms with E-state index >= 15 is 0 Å². The minimum absolute atomic E-state index is 0.0293. The summed E-state index contributed by atoms with van der Waals surface area (Å²) in [7, 11) is 0. The highest BCUT2D eigenvalue weighted by Crippen LogP contribution is 2.17. The Labute approximate surface area is 175 Å². The zero-order valence-corrected chi connectivity index (χ0v) is 17.7. The number of thioether (sulfide) groups is 1. The van der Waals surface area contributed by atoms with Gasteiger partial charge in [-0.05, 0) is 37.1 Å². The lowest BCUT2D eigenvalue weighted by Gasteiger charge is -2.08. The van der Waals surface area contributed by atoms with Crippen molar-refractivity contribution in [1.29, 1.82) is 0 Å². The quantitative estimate of drug-likeness (QED) is 0.579. The van der Waals surface area contributed by atoms with Crippen LogP contribution in [0.2, 0.25) is 5.02 Å². The highest BCUT2D eigenvalue weighted by molar-refractivity contribution is 7.99. The summed E-state index contributed by atoms with van der Waals surface area (Å²) in [5.41, 5.74) is 5.47. The molecule has 1 N–H and O–H groups in total. The van der Waals surface area contributed by atoms with E-state index in [9.17, 15) is 4.79 Å². The predicted octanol–water partition coefficient (Wildman–Crippen LogP) is 4.75. The van der Waals surface area contributed by atoms with Crippen molar-refractivity contribution in [3.8, 4) is 0 Å². The van der Waals surface area contributed by atoms with Gasteiger partial charge in [-0.1, -0.05) is 54.1 Å². The van der Waals surface area contributed by atoms with Crippen LogP contribution in [0.5, 0.6) is 0 Å². The molecule has 0 fully saturated rings. The third kappa shape index (κ3) is 5.63. The van der Waals surface area contributed by atoms with E-state index in [4.69, 9.17) is 11.6 Å². The van der Waals surface area contributed by atoms with E-state index < -0.39 is 0 Å². The molecule has 0 radical (unpaired) electrons. The fourth-order valence-corrected chi connectivity index (χ4v) is 4.04. The monoisotopic (exact) mass is 413 g/mol. The number of hydrogen-bond acceptors (Lipinski definition) is 3. The van der Waals surface area contributed by atoms with Gasteiger partial charge in [0, 0.05) is 28.6 Å². The molecule has 2 aromatic carbocycles. The highest BCUT2D eigenvalue weighted by Gasteiger charge is 2.13. The van der Waals surface area contributed by atoms with E-state index in [0.717, 1.165) is 39.8 Å². The Hall–Kier alpha value is -2.24. The van der Waals surface area contributed by atoms with Crippen LogP contribution in [0.3, 0.4) is 0 Å². The second-order valence-corrected chi connectivity index (χ2v) is 8.11. The van der Waals surface area contributed by atoms with E-state index in [-0.39, 0.29) is 5.91 Å². The molecular weight excluding hydrogens is 390 g/mol. The number of carbonyl (C=O) groups is 1. The molecule has 0 aliphatic heterocycles. The third-order valence-electron chi connectivity index (χ3n) is 4.56. The van der Waals surface area contributed by atoms with Crippen molar-refractivity contribution < 1.29 is 4.79 Å². The van der Waals surface area contributed by atoms with Crippen LogP contribution < -0.4 is 5.32 Å². The first-order valence-corrected chi connectivity index (χ1v) is 10.7. The molecule has 6 heteroatoms. The van der Waals surface area contributed by atoms with E-state index in [2.05, 4.69) is 29.5 Å². The molecule has 3 rings (SSSR count). The summed E-state index contributed by atoms with van der Waals surface area (Å²) < 4.78 is 2.00. The molecule has 146 valence electrons. The van der Waals surface area contributed by atoms with Crippen LogP contribution in [-0.2, 0) is 23.6 Å². The molecule has 0 spiro atoms. The highest BCUT2D eigenvalue weighted by atomic mass is 35.5. The molecule has 1 heterocycles. The SMILES string of the molecule is Cc1nn(Cc2ccccc2)c(C)c1CNC(=O)CSCc1cccc(Cl)c1. The number of carbonyl (C=O) groups excluding carboxylic acids is 1. The maximum Gasteiger partial charge on any atom is 0.230 e. The van der Waals surface area contributed by atoms with Crippen LogP contribution in [0.15, 0.2) is 54.6 Å². The molecule has 0 saturated heterocycles. The minimum Gasteiger partial charge on any atom is -0.351 e. The summed E-state index contributed by atoms with van der Waals surface area (Å²) in [6.45, 7) is 5.28. The van der Waals surface area contributed by atoms with E-state index in [0.29, 0.717) is 12.3 Å². The standard InChI is InChI=1S/C22H24ClN3OS/c1-16-21(17(2)26(25-16)13-18-7-4-3-5-8-18)12-24-22(27)15-28-14-19-9-6-10-20(23)11-19/h3-11H,12-15H2,1-2H3,(H,24,27). The molecular formula is C22H24ClN3OS. The molecule has 1 amide bonds. The summed E-state index contributed by atoms with van der Waals surface area (Å²) in [5.74, 6) is 1.21. The normalized spacial score (nSPS) is 10.8. The summed E-state index contributed by atoms with van der Waals surface area (Å²) in [6, 6.07) is 18.0. The number of halogens is 1. The number of aryl methyl sites for hydroxylation is 1. The maximum atomic E-state index is 12.2. The Bertz CT molecular complexity index is 940.